The van der Waals surface area contributed by atoms with Crippen molar-refractivity contribution in [3.8, 4) is 11.8 Å². The van der Waals surface area contributed by atoms with Crippen molar-refractivity contribution in [3.63, 3.8) is 0 Å². The van der Waals surface area contributed by atoms with Crippen molar-refractivity contribution in [2.24, 2.45) is 0 Å². The smallest absolute Gasteiger partial charge is 0.338 e. The predicted molar refractivity (Wildman–Crippen MR) is 70.2 cm³/mol. The predicted octanol–water partition coefficient (Wildman–Crippen LogP) is 1.89. The van der Waals surface area contributed by atoms with Gasteiger partial charge in [-0.3, -0.25) is 4.79 Å². The Hall–Kier alpha value is -1.80. The summed E-state index contributed by atoms with van der Waals surface area (Å²) in [6.45, 7) is 1.53. The highest BCUT2D eigenvalue weighted by atomic mass is 32.2. The maximum Gasteiger partial charge on any atom is 0.338 e. The molecular formula is C13H13NO3S. The van der Waals surface area contributed by atoms with E-state index in [0.717, 1.165) is 0 Å². The van der Waals surface area contributed by atoms with Crippen LogP contribution in [0.2, 0.25) is 0 Å². The Balaban J connectivity index is 2.59. The molecule has 1 heterocycles. The van der Waals surface area contributed by atoms with Crippen LogP contribution in [0.3, 0.4) is 0 Å². The zero-order valence-corrected chi connectivity index (χ0v) is 11.0. The largest absolute Gasteiger partial charge is 0.465 e. The fourth-order valence-corrected chi connectivity index (χ4v) is 1.63. The van der Waals surface area contributed by atoms with E-state index in [2.05, 4.69) is 21.6 Å². The maximum atomic E-state index is 11.3. The number of ether oxygens (including phenoxy) is 1. The van der Waals surface area contributed by atoms with E-state index in [1.807, 2.05) is 0 Å². The first-order valence-electron chi connectivity index (χ1n) is 5.30. The second-order valence-electron chi connectivity index (χ2n) is 3.31. The Morgan fingerprint density at radius 2 is 2.28 bits per heavy atom. The highest BCUT2D eigenvalue weighted by Gasteiger charge is 2.04. The number of aromatic nitrogens is 1. The molecular weight excluding hydrogens is 250 g/mol. The van der Waals surface area contributed by atoms with Crippen molar-refractivity contribution < 1.29 is 14.3 Å². The van der Waals surface area contributed by atoms with Crippen LogP contribution in [0.1, 0.15) is 29.4 Å². The van der Waals surface area contributed by atoms with Crippen molar-refractivity contribution in [3.05, 3.63) is 29.6 Å². The second-order valence-corrected chi connectivity index (χ2v) is 4.58. The van der Waals surface area contributed by atoms with Gasteiger partial charge in [-0.25, -0.2) is 9.78 Å². The van der Waals surface area contributed by atoms with E-state index in [-0.39, 0.29) is 5.12 Å². The molecule has 1 aromatic heterocycles. The summed E-state index contributed by atoms with van der Waals surface area (Å²) in [6.07, 6.45) is 2.12. The van der Waals surface area contributed by atoms with Gasteiger partial charge in [0, 0.05) is 25.3 Å². The van der Waals surface area contributed by atoms with Crippen LogP contribution in [-0.4, -0.2) is 28.9 Å². The molecule has 0 aliphatic rings. The van der Waals surface area contributed by atoms with E-state index < -0.39 is 5.97 Å². The maximum absolute atomic E-state index is 11.3. The van der Waals surface area contributed by atoms with Crippen molar-refractivity contribution in [1.82, 2.24) is 4.98 Å². The van der Waals surface area contributed by atoms with Gasteiger partial charge in [-0.1, -0.05) is 17.7 Å². The average Bonchev–Trinajstić information content (AvgIpc) is 2.37. The quantitative estimate of drug-likeness (QED) is 0.473. The number of pyridine rings is 1. The normalized spacial score (nSPS) is 9.22. The zero-order valence-electron chi connectivity index (χ0n) is 10.2. The minimum Gasteiger partial charge on any atom is -0.465 e. The van der Waals surface area contributed by atoms with Crippen LogP contribution >= 0.6 is 11.8 Å². The molecule has 5 heteroatoms. The van der Waals surface area contributed by atoms with Gasteiger partial charge in [0.1, 0.15) is 5.69 Å². The molecule has 0 saturated carbocycles. The fraction of sp³-hybridized carbons (Fsp3) is 0.308. The molecule has 0 bridgehead atoms. The van der Waals surface area contributed by atoms with Crippen molar-refractivity contribution in [2.75, 3.05) is 12.9 Å². The van der Waals surface area contributed by atoms with Crippen molar-refractivity contribution in [2.45, 2.75) is 13.3 Å². The number of carbonyl (C=O) groups excluding carboxylic acids is 2. The molecule has 94 valence electrons. The van der Waals surface area contributed by atoms with E-state index in [9.17, 15) is 9.59 Å². The van der Waals surface area contributed by atoms with Gasteiger partial charge >= 0.3 is 5.97 Å². The van der Waals surface area contributed by atoms with Crippen LogP contribution in [0, 0.1) is 11.8 Å². The van der Waals surface area contributed by atoms with Gasteiger partial charge in [0.2, 0.25) is 0 Å². The van der Waals surface area contributed by atoms with Gasteiger partial charge in [0.25, 0.3) is 0 Å². The third-order valence-electron chi connectivity index (χ3n) is 1.93. The number of hydrogen-bond acceptors (Lipinski definition) is 5. The Labute approximate surface area is 110 Å². The monoisotopic (exact) mass is 263 g/mol. The van der Waals surface area contributed by atoms with Crippen molar-refractivity contribution in [1.29, 1.82) is 0 Å². The van der Waals surface area contributed by atoms with Gasteiger partial charge in [0.15, 0.2) is 5.12 Å². The van der Waals surface area contributed by atoms with E-state index >= 15 is 0 Å². The molecule has 0 radical (unpaired) electrons. The lowest BCUT2D eigenvalue weighted by Gasteiger charge is -1.98. The molecule has 0 aliphatic carbocycles. The molecule has 1 aromatic rings. The Morgan fingerprint density at radius 1 is 1.50 bits per heavy atom. The standard InChI is InChI=1S/C13H13NO3S/c1-10(15)18-8-4-3-5-12-9-11(6-7-14-12)13(16)17-2/h6-7,9H,4,8H2,1-2H3. The van der Waals surface area contributed by atoms with Crippen LogP contribution in [0.4, 0.5) is 0 Å². The summed E-state index contributed by atoms with van der Waals surface area (Å²) in [5.41, 5.74) is 0.945. The summed E-state index contributed by atoms with van der Waals surface area (Å²) in [4.78, 5) is 26.0. The third-order valence-corrected chi connectivity index (χ3v) is 2.74. The van der Waals surface area contributed by atoms with Gasteiger partial charge in [-0.15, -0.1) is 0 Å². The molecule has 0 aromatic carbocycles. The van der Waals surface area contributed by atoms with E-state index in [4.69, 9.17) is 0 Å². The summed E-state index contributed by atoms with van der Waals surface area (Å²) >= 11 is 1.24. The SMILES string of the molecule is COC(=O)c1ccnc(C#CCCSC(C)=O)c1. The first-order valence-corrected chi connectivity index (χ1v) is 6.28. The molecule has 4 nitrogen and oxygen atoms in total. The number of thioether (sulfide) groups is 1. The lowest BCUT2D eigenvalue weighted by atomic mass is 10.2. The van der Waals surface area contributed by atoms with E-state index in [0.29, 0.717) is 23.4 Å². The topological polar surface area (TPSA) is 56.3 Å². The first kappa shape index (κ1) is 14.3. The Bertz CT molecular complexity index is 502. The molecule has 0 N–H and O–H groups in total. The highest BCUT2D eigenvalue weighted by Crippen LogP contribution is 2.04. The van der Waals surface area contributed by atoms with Crippen molar-refractivity contribution >= 4 is 22.8 Å². The lowest BCUT2D eigenvalue weighted by Crippen LogP contribution is -2.01. The highest BCUT2D eigenvalue weighted by molar-refractivity contribution is 8.13. The summed E-state index contributed by atoms with van der Waals surface area (Å²) in [5, 5.41) is 0.0858. The summed E-state index contributed by atoms with van der Waals surface area (Å²) < 4.78 is 4.60. The Morgan fingerprint density at radius 3 is 2.94 bits per heavy atom. The minimum atomic E-state index is -0.410. The lowest BCUT2D eigenvalue weighted by molar-refractivity contribution is -0.109. The molecule has 0 fully saturated rings. The van der Waals surface area contributed by atoms with Crippen LogP contribution in [0.25, 0.3) is 0 Å². The van der Waals surface area contributed by atoms with Crippen LogP contribution in [-0.2, 0) is 9.53 Å². The minimum absolute atomic E-state index is 0.0858. The molecule has 18 heavy (non-hydrogen) atoms. The summed E-state index contributed by atoms with van der Waals surface area (Å²) in [7, 11) is 1.33. The van der Waals surface area contributed by atoms with Gasteiger partial charge < -0.3 is 4.74 Å². The summed E-state index contributed by atoms with van der Waals surface area (Å²) in [5.74, 6) is 6.00. The second kappa shape index (κ2) is 7.51. The fourth-order valence-electron chi connectivity index (χ4n) is 1.14. The van der Waals surface area contributed by atoms with Crippen LogP contribution in [0.15, 0.2) is 18.3 Å². The molecule has 1 rings (SSSR count). The number of methoxy groups -OCH3 is 1. The number of nitrogens with zero attached hydrogens (tertiary/aromatic N) is 1. The number of esters is 1. The van der Waals surface area contributed by atoms with Gasteiger partial charge in [0.05, 0.1) is 12.7 Å². The number of hydrogen-bond donors (Lipinski definition) is 0. The molecule has 0 amide bonds. The number of rotatable bonds is 3. The van der Waals surface area contributed by atoms with Gasteiger partial charge in [-0.05, 0) is 18.1 Å². The third kappa shape index (κ3) is 5.02. The average molecular weight is 263 g/mol. The summed E-state index contributed by atoms with van der Waals surface area (Å²) in [6, 6.07) is 3.15. The first-order chi connectivity index (χ1) is 8.63. The molecule has 0 unspecified atom stereocenters. The van der Waals surface area contributed by atoms with Gasteiger partial charge in [-0.2, -0.15) is 0 Å². The van der Waals surface area contributed by atoms with E-state index in [1.54, 1.807) is 12.1 Å². The van der Waals surface area contributed by atoms with Crippen LogP contribution < -0.4 is 0 Å². The van der Waals surface area contributed by atoms with Crippen LogP contribution in [0.5, 0.6) is 0 Å². The molecule has 0 aliphatic heterocycles. The molecule has 0 spiro atoms. The molecule has 0 saturated heterocycles. The zero-order chi connectivity index (χ0) is 13.4. The molecule has 0 atom stereocenters. The number of carbonyl (C=O) groups is 2. The van der Waals surface area contributed by atoms with E-state index in [1.165, 1.54) is 32.0 Å². The Kier molecular flexibility index (Phi) is 5.95.